The molecule has 0 saturated heterocycles. The minimum Gasteiger partial charge on any atom is -0.478 e. The molecule has 0 bridgehead atoms. The molecule has 1 aromatic rings. The van der Waals surface area contributed by atoms with Crippen LogP contribution < -0.4 is 0 Å². The maximum Gasteiger partial charge on any atom is 0.328 e. The lowest BCUT2D eigenvalue weighted by Crippen LogP contribution is -2.33. The Bertz CT molecular complexity index is 505. The van der Waals surface area contributed by atoms with Crippen molar-refractivity contribution in [1.82, 2.24) is 4.90 Å². The predicted molar refractivity (Wildman–Crippen MR) is 81.5 cm³/mol. The lowest BCUT2D eigenvalue weighted by atomic mass is 9.97. The highest BCUT2D eigenvalue weighted by molar-refractivity contribution is 7.11. The van der Waals surface area contributed by atoms with Gasteiger partial charge in [0.05, 0.1) is 0 Å². The lowest BCUT2D eigenvalue weighted by molar-refractivity contribution is -0.135. The molecule has 0 aliphatic heterocycles. The Morgan fingerprint density at radius 1 is 1.40 bits per heavy atom. The zero-order valence-electron chi connectivity index (χ0n) is 12.3. The molecule has 1 atom stereocenters. The van der Waals surface area contributed by atoms with Gasteiger partial charge in [-0.3, -0.25) is 4.79 Å². The monoisotopic (exact) mass is 295 g/mol. The summed E-state index contributed by atoms with van der Waals surface area (Å²) in [5, 5.41) is 10.5. The maximum atomic E-state index is 12.1. The Labute approximate surface area is 123 Å². The van der Waals surface area contributed by atoms with Gasteiger partial charge in [-0.2, -0.15) is 0 Å². The Kier molecular flexibility index (Phi) is 5.95. The van der Waals surface area contributed by atoms with Crippen molar-refractivity contribution in [2.75, 3.05) is 7.05 Å². The third-order valence-corrected chi connectivity index (χ3v) is 4.20. The fourth-order valence-corrected chi connectivity index (χ4v) is 2.50. The molecule has 1 amide bonds. The first-order valence-corrected chi connectivity index (χ1v) is 7.42. The van der Waals surface area contributed by atoms with Crippen LogP contribution in [-0.2, 0) is 16.1 Å². The Balaban J connectivity index is 2.65. The summed E-state index contributed by atoms with van der Waals surface area (Å²) in [5.74, 6) is -0.502. The summed E-state index contributed by atoms with van der Waals surface area (Å²) < 4.78 is 0. The number of aliphatic carboxylic acids is 1. The molecular formula is C15H21NO3S. The molecule has 0 spiro atoms. The summed E-state index contributed by atoms with van der Waals surface area (Å²) in [6.07, 6.45) is 2.68. The van der Waals surface area contributed by atoms with Crippen LogP contribution in [0.2, 0.25) is 0 Å². The quantitative estimate of drug-likeness (QED) is 0.820. The number of hydrogen-bond acceptors (Lipinski definition) is 3. The van der Waals surface area contributed by atoms with Gasteiger partial charge in [0.2, 0.25) is 5.91 Å². The highest BCUT2D eigenvalue weighted by Gasteiger charge is 2.20. The summed E-state index contributed by atoms with van der Waals surface area (Å²) in [4.78, 5) is 25.2. The van der Waals surface area contributed by atoms with E-state index >= 15 is 0 Å². The number of carboxylic acid groups (broad SMARTS) is 1. The van der Waals surface area contributed by atoms with Crippen molar-refractivity contribution in [3.05, 3.63) is 28.0 Å². The molecule has 0 aromatic carbocycles. The number of rotatable bonds is 6. The Morgan fingerprint density at radius 2 is 2.05 bits per heavy atom. The van der Waals surface area contributed by atoms with Crippen molar-refractivity contribution in [2.24, 2.45) is 11.8 Å². The largest absolute Gasteiger partial charge is 0.478 e. The fourth-order valence-electron chi connectivity index (χ4n) is 1.70. The first kappa shape index (κ1) is 16.4. The van der Waals surface area contributed by atoms with Gasteiger partial charge < -0.3 is 10.0 Å². The van der Waals surface area contributed by atoms with Gasteiger partial charge in [-0.15, -0.1) is 11.3 Å². The normalized spacial score (nSPS) is 12.8. The smallest absolute Gasteiger partial charge is 0.328 e. The molecule has 1 N–H and O–H groups in total. The van der Waals surface area contributed by atoms with Crippen LogP contribution in [0.5, 0.6) is 0 Å². The van der Waals surface area contributed by atoms with Crippen molar-refractivity contribution >= 4 is 29.3 Å². The molecule has 1 unspecified atom stereocenters. The van der Waals surface area contributed by atoms with E-state index in [9.17, 15) is 9.59 Å². The van der Waals surface area contributed by atoms with Crippen molar-refractivity contribution in [2.45, 2.75) is 27.3 Å². The first-order chi connectivity index (χ1) is 9.31. The third kappa shape index (κ3) is 4.81. The van der Waals surface area contributed by atoms with E-state index in [1.807, 2.05) is 32.2 Å². The van der Waals surface area contributed by atoms with Crippen LogP contribution in [0.1, 0.15) is 31.2 Å². The van der Waals surface area contributed by atoms with Gasteiger partial charge in [0.15, 0.2) is 0 Å². The number of carbonyl (C=O) groups excluding carboxylic acids is 1. The summed E-state index contributed by atoms with van der Waals surface area (Å²) in [6, 6.07) is 1.91. The number of amides is 1. The topological polar surface area (TPSA) is 57.6 Å². The van der Waals surface area contributed by atoms with E-state index in [4.69, 9.17) is 5.11 Å². The van der Waals surface area contributed by atoms with Crippen molar-refractivity contribution < 1.29 is 14.7 Å². The van der Waals surface area contributed by atoms with Gasteiger partial charge in [0.25, 0.3) is 0 Å². The van der Waals surface area contributed by atoms with Gasteiger partial charge in [-0.25, -0.2) is 4.79 Å². The zero-order chi connectivity index (χ0) is 15.3. The predicted octanol–water partition coefficient (Wildman–Crippen LogP) is 3.10. The molecule has 0 radical (unpaired) electrons. The first-order valence-electron chi connectivity index (χ1n) is 6.54. The summed E-state index contributed by atoms with van der Waals surface area (Å²) >= 11 is 1.47. The number of nitrogens with zero attached hydrogens (tertiary/aromatic N) is 1. The van der Waals surface area contributed by atoms with Gasteiger partial charge in [-0.05, 0) is 29.0 Å². The van der Waals surface area contributed by atoms with Gasteiger partial charge in [0.1, 0.15) is 0 Å². The summed E-state index contributed by atoms with van der Waals surface area (Å²) in [5.41, 5.74) is 1.02. The van der Waals surface area contributed by atoms with Crippen molar-refractivity contribution in [3.8, 4) is 0 Å². The third-order valence-electron chi connectivity index (χ3n) is 3.25. The van der Waals surface area contributed by atoms with E-state index in [-0.39, 0.29) is 11.8 Å². The zero-order valence-corrected chi connectivity index (χ0v) is 13.1. The standard InChI is InChI=1S/C15H21NO3S/c1-10(2)11(3)15(19)16(4)8-12-7-13(20-9-12)5-6-14(17)18/h5-7,9-11H,8H2,1-4H3,(H,17,18). The van der Waals surface area contributed by atoms with Crippen LogP contribution >= 0.6 is 11.3 Å². The molecule has 1 aromatic heterocycles. The van der Waals surface area contributed by atoms with Gasteiger partial charge in [0, 0.05) is 30.5 Å². The second-order valence-electron chi connectivity index (χ2n) is 5.26. The molecule has 4 nitrogen and oxygen atoms in total. The number of hydrogen-bond donors (Lipinski definition) is 1. The molecule has 0 aliphatic carbocycles. The molecule has 5 heteroatoms. The minimum absolute atomic E-state index is 0.00464. The van der Waals surface area contributed by atoms with Crippen LogP contribution in [0.4, 0.5) is 0 Å². The van der Waals surface area contributed by atoms with Gasteiger partial charge >= 0.3 is 5.97 Å². The van der Waals surface area contributed by atoms with E-state index in [1.165, 1.54) is 11.3 Å². The van der Waals surface area contributed by atoms with Crippen LogP contribution in [-0.4, -0.2) is 28.9 Å². The summed E-state index contributed by atoms with van der Waals surface area (Å²) in [7, 11) is 1.80. The minimum atomic E-state index is -0.960. The van der Waals surface area contributed by atoms with Gasteiger partial charge in [-0.1, -0.05) is 20.8 Å². The number of carboxylic acids is 1. The van der Waals surface area contributed by atoms with Crippen LogP contribution in [0.3, 0.4) is 0 Å². The van der Waals surface area contributed by atoms with E-state index in [2.05, 4.69) is 0 Å². The molecule has 1 rings (SSSR count). The highest BCUT2D eigenvalue weighted by Crippen LogP contribution is 2.19. The van der Waals surface area contributed by atoms with E-state index in [0.29, 0.717) is 12.5 Å². The average molecular weight is 295 g/mol. The molecule has 110 valence electrons. The Morgan fingerprint density at radius 3 is 2.60 bits per heavy atom. The molecule has 0 fully saturated rings. The average Bonchev–Trinajstić information content (AvgIpc) is 2.81. The lowest BCUT2D eigenvalue weighted by Gasteiger charge is -2.23. The molecular weight excluding hydrogens is 274 g/mol. The SMILES string of the molecule is CC(C)C(C)C(=O)N(C)Cc1csc(C=CC(=O)O)c1. The molecule has 20 heavy (non-hydrogen) atoms. The van der Waals surface area contributed by atoms with E-state index in [0.717, 1.165) is 16.5 Å². The van der Waals surface area contributed by atoms with Crippen molar-refractivity contribution in [1.29, 1.82) is 0 Å². The number of thiophene rings is 1. The van der Waals surface area contributed by atoms with Crippen LogP contribution in [0, 0.1) is 11.8 Å². The van der Waals surface area contributed by atoms with Crippen LogP contribution in [0.25, 0.3) is 6.08 Å². The van der Waals surface area contributed by atoms with E-state index < -0.39 is 5.97 Å². The summed E-state index contributed by atoms with van der Waals surface area (Å²) in [6.45, 7) is 6.57. The maximum absolute atomic E-state index is 12.1. The number of carbonyl (C=O) groups is 2. The molecule has 0 aliphatic rings. The van der Waals surface area contributed by atoms with Crippen molar-refractivity contribution in [3.63, 3.8) is 0 Å². The molecule has 1 heterocycles. The van der Waals surface area contributed by atoms with E-state index in [1.54, 1.807) is 18.0 Å². The Hall–Kier alpha value is -1.62. The second kappa shape index (κ2) is 7.24. The molecule has 0 saturated carbocycles. The van der Waals surface area contributed by atoms with Crippen LogP contribution in [0.15, 0.2) is 17.5 Å². The highest BCUT2D eigenvalue weighted by atomic mass is 32.1. The fraction of sp³-hybridized carbons (Fsp3) is 0.467. The second-order valence-corrected chi connectivity index (χ2v) is 6.20.